The average molecular weight is 195 g/mol. The first-order valence-corrected chi connectivity index (χ1v) is 4.91. The van der Waals surface area contributed by atoms with Gasteiger partial charge in [0, 0.05) is 17.2 Å². The highest BCUT2D eigenvalue weighted by molar-refractivity contribution is 5.42. The molecular formula is C11H14FNO. The van der Waals surface area contributed by atoms with E-state index in [-0.39, 0.29) is 17.6 Å². The van der Waals surface area contributed by atoms with Gasteiger partial charge in [-0.2, -0.15) is 0 Å². The van der Waals surface area contributed by atoms with E-state index in [4.69, 9.17) is 0 Å². The fourth-order valence-electron chi connectivity index (χ4n) is 1.93. The van der Waals surface area contributed by atoms with Crippen LogP contribution in [0.25, 0.3) is 0 Å². The van der Waals surface area contributed by atoms with Crippen molar-refractivity contribution in [1.82, 2.24) is 5.32 Å². The van der Waals surface area contributed by atoms with Crippen LogP contribution in [0.3, 0.4) is 0 Å². The molecule has 0 bridgehead atoms. The molecule has 0 radical (unpaired) electrons. The molecule has 2 nitrogen and oxygen atoms in total. The highest BCUT2D eigenvalue weighted by Gasteiger charge is 2.20. The molecule has 14 heavy (non-hydrogen) atoms. The van der Waals surface area contributed by atoms with Gasteiger partial charge in [-0.05, 0) is 32.4 Å². The zero-order valence-corrected chi connectivity index (χ0v) is 8.18. The van der Waals surface area contributed by atoms with Crippen LogP contribution in [0.5, 0.6) is 5.75 Å². The third kappa shape index (κ3) is 1.48. The van der Waals surface area contributed by atoms with E-state index < -0.39 is 0 Å². The van der Waals surface area contributed by atoms with Gasteiger partial charge in [-0.25, -0.2) is 4.39 Å². The predicted molar refractivity (Wildman–Crippen MR) is 52.8 cm³/mol. The van der Waals surface area contributed by atoms with Crippen LogP contribution >= 0.6 is 0 Å². The third-order valence-corrected chi connectivity index (χ3v) is 2.83. The molecule has 1 saturated heterocycles. The van der Waals surface area contributed by atoms with E-state index in [0.717, 1.165) is 24.9 Å². The molecule has 2 rings (SSSR count). The summed E-state index contributed by atoms with van der Waals surface area (Å²) in [5, 5.41) is 13.0. The Kier molecular flexibility index (Phi) is 2.42. The van der Waals surface area contributed by atoms with Crippen molar-refractivity contribution in [2.75, 3.05) is 6.54 Å². The zero-order valence-electron chi connectivity index (χ0n) is 8.18. The van der Waals surface area contributed by atoms with Gasteiger partial charge >= 0.3 is 0 Å². The third-order valence-electron chi connectivity index (χ3n) is 2.83. The maximum absolute atomic E-state index is 13.1. The minimum Gasteiger partial charge on any atom is -0.507 e. The zero-order chi connectivity index (χ0) is 10.1. The first-order chi connectivity index (χ1) is 6.70. The Hall–Kier alpha value is -1.09. The molecule has 1 aliphatic rings. The molecule has 0 spiro atoms. The van der Waals surface area contributed by atoms with E-state index in [1.165, 1.54) is 6.07 Å². The number of aromatic hydroxyl groups is 1. The lowest BCUT2D eigenvalue weighted by Gasteiger charge is -2.14. The molecule has 0 unspecified atom stereocenters. The summed E-state index contributed by atoms with van der Waals surface area (Å²) >= 11 is 0. The Morgan fingerprint density at radius 3 is 2.93 bits per heavy atom. The maximum atomic E-state index is 13.1. The van der Waals surface area contributed by atoms with Gasteiger partial charge in [0.1, 0.15) is 11.6 Å². The summed E-state index contributed by atoms with van der Waals surface area (Å²) in [6.45, 7) is 2.57. The summed E-state index contributed by atoms with van der Waals surface area (Å²) in [5.41, 5.74) is 1.16. The molecule has 0 aliphatic carbocycles. The van der Waals surface area contributed by atoms with Crippen molar-refractivity contribution < 1.29 is 9.50 Å². The SMILES string of the molecule is Cc1c(F)ccc([C@H]2CCCN2)c1O. The first-order valence-electron chi connectivity index (χ1n) is 4.91. The second-order valence-electron chi connectivity index (χ2n) is 3.76. The summed E-state index contributed by atoms with van der Waals surface area (Å²) < 4.78 is 13.1. The number of hydrogen-bond acceptors (Lipinski definition) is 2. The van der Waals surface area contributed by atoms with Crippen LogP contribution in [0, 0.1) is 12.7 Å². The summed E-state index contributed by atoms with van der Waals surface area (Å²) in [4.78, 5) is 0. The molecule has 2 N–H and O–H groups in total. The molecule has 0 saturated carbocycles. The number of halogens is 1. The smallest absolute Gasteiger partial charge is 0.129 e. The molecule has 1 aromatic carbocycles. The first kappa shape index (κ1) is 9.46. The predicted octanol–water partition coefficient (Wildman–Crippen LogP) is 2.26. The molecular weight excluding hydrogens is 181 g/mol. The fourth-order valence-corrected chi connectivity index (χ4v) is 1.93. The van der Waals surface area contributed by atoms with Gasteiger partial charge in [0.25, 0.3) is 0 Å². The van der Waals surface area contributed by atoms with Crippen LogP contribution in [0.15, 0.2) is 12.1 Å². The molecule has 1 heterocycles. The lowest BCUT2D eigenvalue weighted by atomic mass is 10.0. The van der Waals surface area contributed by atoms with Gasteiger partial charge in [-0.3, -0.25) is 0 Å². The van der Waals surface area contributed by atoms with E-state index in [0.29, 0.717) is 5.56 Å². The van der Waals surface area contributed by atoms with Crippen LogP contribution in [0.2, 0.25) is 0 Å². The van der Waals surface area contributed by atoms with Crippen molar-refractivity contribution in [3.63, 3.8) is 0 Å². The Morgan fingerprint density at radius 2 is 2.29 bits per heavy atom. The molecule has 76 valence electrons. The molecule has 0 aromatic heterocycles. The minimum absolute atomic E-state index is 0.101. The van der Waals surface area contributed by atoms with E-state index in [1.54, 1.807) is 13.0 Å². The van der Waals surface area contributed by atoms with Gasteiger partial charge in [0.05, 0.1) is 0 Å². The van der Waals surface area contributed by atoms with Crippen molar-refractivity contribution in [2.45, 2.75) is 25.8 Å². The second kappa shape index (κ2) is 3.58. The summed E-state index contributed by atoms with van der Waals surface area (Å²) in [5.74, 6) is -0.242. The summed E-state index contributed by atoms with van der Waals surface area (Å²) in [6.07, 6.45) is 2.12. The highest BCUT2D eigenvalue weighted by atomic mass is 19.1. The number of hydrogen-bond donors (Lipinski definition) is 2. The standard InChI is InChI=1S/C11H14FNO/c1-7-9(12)5-4-8(11(7)14)10-3-2-6-13-10/h4-5,10,13-14H,2-3,6H2,1H3/t10-/m1/s1. The quantitative estimate of drug-likeness (QED) is 0.720. The Bertz CT molecular complexity index is 345. The van der Waals surface area contributed by atoms with E-state index in [2.05, 4.69) is 5.32 Å². The van der Waals surface area contributed by atoms with Crippen molar-refractivity contribution in [1.29, 1.82) is 0 Å². The molecule has 1 aliphatic heterocycles. The van der Waals surface area contributed by atoms with Crippen LogP contribution in [0.1, 0.15) is 30.0 Å². The number of benzene rings is 1. The van der Waals surface area contributed by atoms with Crippen LogP contribution in [-0.2, 0) is 0 Å². The summed E-state index contributed by atoms with van der Waals surface area (Å²) in [6, 6.07) is 3.28. The topological polar surface area (TPSA) is 32.3 Å². The van der Waals surface area contributed by atoms with Crippen molar-refractivity contribution >= 4 is 0 Å². The number of phenolic OH excluding ortho intramolecular Hbond substituents is 1. The monoisotopic (exact) mass is 195 g/mol. The van der Waals surface area contributed by atoms with Gasteiger partial charge in [-0.15, -0.1) is 0 Å². The fraction of sp³-hybridized carbons (Fsp3) is 0.455. The van der Waals surface area contributed by atoms with E-state index >= 15 is 0 Å². The highest BCUT2D eigenvalue weighted by Crippen LogP contribution is 2.33. The molecule has 1 fully saturated rings. The van der Waals surface area contributed by atoms with E-state index in [1.807, 2.05) is 0 Å². The number of nitrogens with one attached hydrogen (secondary N) is 1. The van der Waals surface area contributed by atoms with Crippen molar-refractivity contribution in [3.05, 3.63) is 29.1 Å². The normalized spacial score (nSPS) is 21.4. The van der Waals surface area contributed by atoms with Gasteiger partial charge in [0.2, 0.25) is 0 Å². The largest absolute Gasteiger partial charge is 0.507 e. The van der Waals surface area contributed by atoms with Gasteiger partial charge in [0.15, 0.2) is 0 Å². The van der Waals surface area contributed by atoms with Crippen molar-refractivity contribution in [2.24, 2.45) is 0 Å². The Labute approximate surface area is 82.8 Å². The molecule has 1 aromatic rings. The molecule has 0 amide bonds. The van der Waals surface area contributed by atoms with E-state index in [9.17, 15) is 9.50 Å². The molecule has 1 atom stereocenters. The second-order valence-corrected chi connectivity index (χ2v) is 3.76. The Balaban J connectivity index is 2.38. The van der Waals surface area contributed by atoms with Gasteiger partial charge < -0.3 is 10.4 Å². The van der Waals surface area contributed by atoms with Crippen LogP contribution < -0.4 is 5.32 Å². The maximum Gasteiger partial charge on any atom is 0.129 e. The van der Waals surface area contributed by atoms with Crippen LogP contribution in [0.4, 0.5) is 4.39 Å². The lowest BCUT2D eigenvalue weighted by molar-refractivity contribution is 0.445. The van der Waals surface area contributed by atoms with Crippen molar-refractivity contribution in [3.8, 4) is 5.75 Å². The average Bonchev–Trinajstić information content (AvgIpc) is 2.67. The van der Waals surface area contributed by atoms with Crippen LogP contribution in [-0.4, -0.2) is 11.7 Å². The molecule has 3 heteroatoms. The number of rotatable bonds is 1. The van der Waals surface area contributed by atoms with Gasteiger partial charge in [-0.1, -0.05) is 6.07 Å². The Morgan fingerprint density at radius 1 is 1.50 bits per heavy atom. The summed E-state index contributed by atoms with van der Waals surface area (Å²) in [7, 11) is 0. The minimum atomic E-state index is -0.343. The number of phenols is 1. The lowest BCUT2D eigenvalue weighted by Crippen LogP contribution is -2.13.